The average molecular weight is 307 g/mol. The molecule has 1 amide bonds. The third kappa shape index (κ3) is 3.15. The van der Waals surface area contributed by atoms with Gasteiger partial charge in [0.2, 0.25) is 0 Å². The fraction of sp³-hybridized carbons (Fsp3) is 0.350. The van der Waals surface area contributed by atoms with E-state index < -0.39 is 0 Å². The zero-order valence-electron chi connectivity index (χ0n) is 13.3. The van der Waals surface area contributed by atoms with Gasteiger partial charge in [0.25, 0.3) is 5.91 Å². The van der Waals surface area contributed by atoms with E-state index >= 15 is 0 Å². The molecule has 1 aliphatic heterocycles. The Morgan fingerprint density at radius 2 is 1.70 bits per heavy atom. The summed E-state index contributed by atoms with van der Waals surface area (Å²) in [6.45, 7) is 1.93. The fourth-order valence-electron chi connectivity index (χ4n) is 3.58. The van der Waals surface area contributed by atoms with Gasteiger partial charge in [0.15, 0.2) is 6.04 Å². The Hall–Kier alpha value is -2.13. The minimum absolute atomic E-state index is 0.106. The lowest BCUT2D eigenvalue weighted by Gasteiger charge is -2.32. The lowest BCUT2D eigenvalue weighted by atomic mass is 9.96. The van der Waals surface area contributed by atoms with Crippen molar-refractivity contribution in [2.75, 3.05) is 6.54 Å². The van der Waals surface area contributed by atoms with Gasteiger partial charge < -0.3 is 10.2 Å². The van der Waals surface area contributed by atoms with Gasteiger partial charge in [0, 0.05) is 23.6 Å². The number of hydrogen-bond donors (Lipinski definition) is 2. The van der Waals surface area contributed by atoms with Crippen molar-refractivity contribution in [1.82, 2.24) is 5.32 Å². The first kappa shape index (κ1) is 14.5. The molecule has 0 bridgehead atoms. The quantitative estimate of drug-likeness (QED) is 0.885. The third-order valence-electron chi connectivity index (χ3n) is 4.98. The first-order chi connectivity index (χ1) is 11.3. The summed E-state index contributed by atoms with van der Waals surface area (Å²) in [6, 6.07) is 19.2. The second kappa shape index (κ2) is 6.17. The molecule has 1 saturated carbocycles. The number of benzene rings is 2. The van der Waals surface area contributed by atoms with Gasteiger partial charge in [-0.25, -0.2) is 0 Å². The monoisotopic (exact) mass is 307 g/mol. The molecule has 1 heterocycles. The fourth-order valence-corrected chi connectivity index (χ4v) is 3.58. The molecule has 2 N–H and O–H groups in total. The largest absolute Gasteiger partial charge is 0.348 e. The standard InChI is InChI=1S/C20H22N2O/c23-20(21-18-10-11-18)19(16-7-2-1-3-8-16)22-13-12-15-6-4-5-9-17(15)14-22/h1-9,18-19H,10-14H2,(H,21,23)/p+1/t19-/m0/s1. The highest BCUT2D eigenvalue weighted by atomic mass is 16.2. The Balaban J connectivity index is 1.61. The van der Waals surface area contributed by atoms with Crippen LogP contribution in [0.5, 0.6) is 0 Å². The highest BCUT2D eigenvalue weighted by molar-refractivity contribution is 5.82. The van der Waals surface area contributed by atoms with Crippen LogP contribution >= 0.6 is 0 Å². The van der Waals surface area contributed by atoms with Gasteiger partial charge >= 0.3 is 0 Å². The maximum atomic E-state index is 12.9. The van der Waals surface area contributed by atoms with Crippen molar-refractivity contribution < 1.29 is 9.69 Å². The number of fused-ring (bicyclic) bond motifs is 1. The first-order valence-corrected chi connectivity index (χ1v) is 8.58. The SMILES string of the molecule is O=C(NC1CC1)[C@H](c1ccccc1)[NH+]1CCc2ccccc2C1. The van der Waals surface area contributed by atoms with Crippen molar-refractivity contribution in [2.24, 2.45) is 0 Å². The molecule has 23 heavy (non-hydrogen) atoms. The number of carbonyl (C=O) groups is 1. The maximum absolute atomic E-state index is 12.9. The number of rotatable bonds is 4. The molecule has 118 valence electrons. The summed E-state index contributed by atoms with van der Waals surface area (Å²) in [5.41, 5.74) is 3.94. The van der Waals surface area contributed by atoms with Gasteiger partial charge in [0.1, 0.15) is 6.54 Å². The Labute approximate surface area is 137 Å². The van der Waals surface area contributed by atoms with Crippen molar-refractivity contribution in [3.8, 4) is 0 Å². The molecule has 0 spiro atoms. The van der Waals surface area contributed by atoms with E-state index in [1.54, 1.807) is 0 Å². The summed E-state index contributed by atoms with van der Waals surface area (Å²) in [5.74, 6) is 0.188. The van der Waals surface area contributed by atoms with Crippen LogP contribution < -0.4 is 10.2 Å². The van der Waals surface area contributed by atoms with Crippen LogP contribution in [0.3, 0.4) is 0 Å². The van der Waals surface area contributed by atoms with E-state index in [2.05, 4.69) is 41.7 Å². The number of amides is 1. The highest BCUT2D eigenvalue weighted by Gasteiger charge is 2.36. The molecule has 2 atom stereocenters. The number of carbonyl (C=O) groups excluding carboxylic acids is 1. The van der Waals surface area contributed by atoms with Crippen LogP contribution in [0, 0.1) is 0 Å². The van der Waals surface area contributed by atoms with Gasteiger partial charge in [0.05, 0.1) is 6.54 Å². The van der Waals surface area contributed by atoms with Crippen LogP contribution in [-0.2, 0) is 17.8 Å². The van der Waals surface area contributed by atoms with E-state index in [9.17, 15) is 4.79 Å². The molecule has 2 aromatic carbocycles. The minimum atomic E-state index is -0.106. The van der Waals surface area contributed by atoms with E-state index in [1.165, 1.54) is 16.0 Å². The van der Waals surface area contributed by atoms with Gasteiger partial charge in [-0.05, 0) is 18.4 Å². The smallest absolute Gasteiger partial charge is 0.283 e. The summed E-state index contributed by atoms with van der Waals surface area (Å²) < 4.78 is 0. The Morgan fingerprint density at radius 3 is 2.43 bits per heavy atom. The highest BCUT2D eigenvalue weighted by Crippen LogP contribution is 2.21. The molecule has 1 unspecified atom stereocenters. The summed E-state index contributed by atoms with van der Waals surface area (Å²) in [6.07, 6.45) is 3.31. The predicted molar refractivity (Wildman–Crippen MR) is 90.0 cm³/mol. The van der Waals surface area contributed by atoms with Crippen LogP contribution in [0.2, 0.25) is 0 Å². The predicted octanol–water partition coefficient (Wildman–Crippen LogP) is 1.65. The van der Waals surface area contributed by atoms with Gasteiger partial charge in [-0.15, -0.1) is 0 Å². The molecular weight excluding hydrogens is 284 g/mol. The summed E-state index contributed by atoms with van der Waals surface area (Å²) >= 11 is 0. The molecule has 0 aromatic heterocycles. The van der Waals surface area contributed by atoms with Crippen LogP contribution in [0.4, 0.5) is 0 Å². The molecule has 3 nitrogen and oxygen atoms in total. The molecule has 0 radical (unpaired) electrons. The summed E-state index contributed by atoms with van der Waals surface area (Å²) in [5, 5.41) is 3.21. The van der Waals surface area contributed by atoms with Crippen molar-refractivity contribution in [1.29, 1.82) is 0 Å². The Kier molecular flexibility index (Phi) is 3.88. The van der Waals surface area contributed by atoms with E-state index in [0.29, 0.717) is 6.04 Å². The molecule has 2 aliphatic rings. The number of nitrogens with one attached hydrogen (secondary N) is 2. The zero-order valence-corrected chi connectivity index (χ0v) is 13.3. The summed E-state index contributed by atoms with van der Waals surface area (Å²) in [7, 11) is 0. The van der Waals surface area contributed by atoms with E-state index in [-0.39, 0.29) is 11.9 Å². The second-order valence-corrected chi connectivity index (χ2v) is 6.73. The van der Waals surface area contributed by atoms with Crippen LogP contribution in [0.25, 0.3) is 0 Å². The summed E-state index contributed by atoms with van der Waals surface area (Å²) in [4.78, 5) is 14.2. The minimum Gasteiger partial charge on any atom is -0.348 e. The molecule has 0 saturated heterocycles. The van der Waals surface area contributed by atoms with Crippen LogP contribution in [0.15, 0.2) is 54.6 Å². The number of hydrogen-bond acceptors (Lipinski definition) is 1. The molecule has 3 heteroatoms. The molecule has 2 aromatic rings. The second-order valence-electron chi connectivity index (χ2n) is 6.73. The lowest BCUT2D eigenvalue weighted by Crippen LogP contribution is -3.13. The average Bonchev–Trinajstić information content (AvgIpc) is 3.40. The van der Waals surface area contributed by atoms with Crippen LogP contribution in [0.1, 0.15) is 35.6 Å². The molecule has 1 fully saturated rings. The maximum Gasteiger partial charge on any atom is 0.283 e. The van der Waals surface area contributed by atoms with Gasteiger partial charge in [-0.3, -0.25) is 4.79 Å². The Bertz CT molecular complexity index is 694. The topological polar surface area (TPSA) is 33.5 Å². The first-order valence-electron chi connectivity index (χ1n) is 8.58. The van der Waals surface area contributed by atoms with Gasteiger partial charge in [-0.2, -0.15) is 0 Å². The molecule has 1 aliphatic carbocycles. The van der Waals surface area contributed by atoms with Crippen molar-refractivity contribution in [3.63, 3.8) is 0 Å². The van der Waals surface area contributed by atoms with Crippen molar-refractivity contribution >= 4 is 5.91 Å². The van der Waals surface area contributed by atoms with E-state index in [1.807, 2.05) is 18.2 Å². The molecular formula is C20H23N2O+. The van der Waals surface area contributed by atoms with E-state index in [4.69, 9.17) is 0 Å². The van der Waals surface area contributed by atoms with E-state index in [0.717, 1.165) is 37.9 Å². The Morgan fingerprint density at radius 1 is 1.00 bits per heavy atom. The zero-order chi connectivity index (χ0) is 15.6. The van der Waals surface area contributed by atoms with Crippen molar-refractivity contribution in [3.05, 3.63) is 71.3 Å². The molecule has 4 rings (SSSR count). The van der Waals surface area contributed by atoms with Crippen molar-refractivity contribution in [2.45, 2.75) is 37.9 Å². The van der Waals surface area contributed by atoms with Crippen LogP contribution in [-0.4, -0.2) is 18.5 Å². The lowest BCUT2D eigenvalue weighted by molar-refractivity contribution is -0.937. The third-order valence-corrected chi connectivity index (χ3v) is 4.98. The van der Waals surface area contributed by atoms with Gasteiger partial charge in [-0.1, -0.05) is 54.6 Å². The normalized spacial score (nSPS) is 21.3. The number of quaternary nitrogens is 1.